The van der Waals surface area contributed by atoms with E-state index in [0.29, 0.717) is 0 Å². The third-order valence-electron chi connectivity index (χ3n) is 4.54. The van der Waals surface area contributed by atoms with Crippen LogP contribution < -0.4 is 0 Å². The first kappa shape index (κ1) is 18.9. The molecule has 4 rings (SSSR count). The molecule has 0 saturated carbocycles. The molecular weight excluding hydrogens is 384 g/mol. The molecule has 3 heterocycles. The molecule has 0 amide bonds. The second-order valence-corrected chi connectivity index (χ2v) is 8.59. The van der Waals surface area contributed by atoms with E-state index in [1.54, 1.807) is 23.1 Å². The lowest BCUT2D eigenvalue weighted by Gasteiger charge is -2.10. The van der Waals surface area contributed by atoms with Crippen LogP contribution in [0, 0.1) is 0 Å². The van der Waals surface area contributed by atoms with Crippen molar-refractivity contribution in [3.8, 4) is 0 Å². The van der Waals surface area contributed by atoms with E-state index < -0.39 is 0 Å². The van der Waals surface area contributed by atoms with Gasteiger partial charge in [-0.05, 0) is 47.5 Å². The van der Waals surface area contributed by atoms with Gasteiger partial charge in [0.2, 0.25) is 0 Å². The molecule has 0 spiro atoms. The van der Waals surface area contributed by atoms with Gasteiger partial charge in [-0.3, -0.25) is 4.98 Å². The number of thioether (sulfide) groups is 1. The van der Waals surface area contributed by atoms with Crippen LogP contribution in [0.4, 0.5) is 0 Å². The number of nitrogens with zero attached hydrogens (tertiary/aromatic N) is 4. The highest BCUT2D eigenvalue weighted by atomic mass is 32.2. The Balaban J connectivity index is 1.46. The average Bonchev–Trinajstić information content (AvgIpc) is 3.39. The zero-order valence-electron chi connectivity index (χ0n) is 15.6. The summed E-state index contributed by atoms with van der Waals surface area (Å²) >= 11 is 3.55. The molecule has 142 valence electrons. The van der Waals surface area contributed by atoms with Crippen LogP contribution in [0.3, 0.4) is 0 Å². The molecule has 0 aliphatic carbocycles. The van der Waals surface area contributed by atoms with Crippen molar-refractivity contribution < 1.29 is 0 Å². The molecule has 0 bridgehead atoms. The lowest BCUT2D eigenvalue weighted by molar-refractivity contribution is 0.610. The SMILES string of the molecule is c1ccc(CCn2c(Cc3cccs3)nnc2SCCc2ccncc2)cc1. The van der Waals surface area contributed by atoms with Crippen LogP contribution in [-0.4, -0.2) is 25.5 Å². The second kappa shape index (κ2) is 9.66. The predicted octanol–water partition coefficient (Wildman–Crippen LogP) is 4.90. The van der Waals surface area contributed by atoms with Crippen molar-refractivity contribution in [2.45, 2.75) is 31.0 Å². The fourth-order valence-corrected chi connectivity index (χ4v) is 4.72. The van der Waals surface area contributed by atoms with Crippen molar-refractivity contribution in [3.05, 3.63) is 94.2 Å². The smallest absolute Gasteiger partial charge is 0.191 e. The Bertz CT molecular complexity index is 966. The van der Waals surface area contributed by atoms with Gasteiger partial charge in [0.15, 0.2) is 5.16 Å². The minimum absolute atomic E-state index is 0.838. The van der Waals surface area contributed by atoms with E-state index >= 15 is 0 Å². The summed E-state index contributed by atoms with van der Waals surface area (Å²) in [5.41, 5.74) is 2.64. The number of rotatable bonds is 9. The van der Waals surface area contributed by atoms with Gasteiger partial charge in [0.05, 0.1) is 0 Å². The van der Waals surface area contributed by atoms with Crippen LogP contribution in [0.2, 0.25) is 0 Å². The summed E-state index contributed by atoms with van der Waals surface area (Å²) in [7, 11) is 0. The Kier molecular flexibility index (Phi) is 6.52. The van der Waals surface area contributed by atoms with Crippen molar-refractivity contribution in [1.29, 1.82) is 0 Å². The van der Waals surface area contributed by atoms with Crippen LogP contribution in [0.1, 0.15) is 21.8 Å². The molecule has 0 unspecified atom stereocenters. The molecule has 6 heteroatoms. The highest BCUT2D eigenvalue weighted by Gasteiger charge is 2.14. The number of aryl methyl sites for hydroxylation is 2. The quantitative estimate of drug-likeness (QED) is 0.371. The number of hydrogen-bond acceptors (Lipinski definition) is 5. The molecular formula is C22H22N4S2. The zero-order valence-corrected chi connectivity index (χ0v) is 17.2. The van der Waals surface area contributed by atoms with Crippen molar-refractivity contribution in [3.63, 3.8) is 0 Å². The Morgan fingerprint density at radius 1 is 0.857 bits per heavy atom. The number of aromatic nitrogens is 4. The van der Waals surface area contributed by atoms with E-state index in [2.05, 4.69) is 79.7 Å². The molecule has 4 nitrogen and oxygen atoms in total. The third kappa shape index (κ3) is 5.09. The first-order valence-corrected chi connectivity index (χ1v) is 11.2. The van der Waals surface area contributed by atoms with Gasteiger partial charge in [0, 0.05) is 36.0 Å². The molecule has 0 aliphatic heterocycles. The molecule has 0 radical (unpaired) electrons. The van der Waals surface area contributed by atoms with E-state index in [1.807, 2.05) is 12.4 Å². The highest BCUT2D eigenvalue weighted by Crippen LogP contribution is 2.22. The van der Waals surface area contributed by atoms with Gasteiger partial charge in [-0.25, -0.2) is 0 Å². The second-order valence-electron chi connectivity index (χ2n) is 6.50. The first-order valence-electron chi connectivity index (χ1n) is 9.38. The van der Waals surface area contributed by atoms with Crippen LogP contribution >= 0.6 is 23.1 Å². The lowest BCUT2D eigenvalue weighted by atomic mass is 10.1. The van der Waals surface area contributed by atoms with Crippen LogP contribution in [0.25, 0.3) is 0 Å². The first-order chi connectivity index (χ1) is 13.9. The minimum Gasteiger partial charge on any atom is -0.305 e. The largest absolute Gasteiger partial charge is 0.305 e. The molecule has 1 aromatic carbocycles. The minimum atomic E-state index is 0.838. The van der Waals surface area contributed by atoms with Gasteiger partial charge in [0.1, 0.15) is 5.82 Å². The number of benzene rings is 1. The average molecular weight is 407 g/mol. The van der Waals surface area contributed by atoms with E-state index in [9.17, 15) is 0 Å². The summed E-state index contributed by atoms with van der Waals surface area (Å²) in [6, 6.07) is 19.0. The van der Waals surface area contributed by atoms with E-state index in [4.69, 9.17) is 0 Å². The molecule has 0 saturated heterocycles. The van der Waals surface area contributed by atoms with Gasteiger partial charge in [-0.15, -0.1) is 21.5 Å². The van der Waals surface area contributed by atoms with Gasteiger partial charge in [0.25, 0.3) is 0 Å². The van der Waals surface area contributed by atoms with E-state index in [1.165, 1.54) is 16.0 Å². The topological polar surface area (TPSA) is 43.6 Å². The Hall–Kier alpha value is -2.44. The van der Waals surface area contributed by atoms with Crippen molar-refractivity contribution >= 4 is 23.1 Å². The maximum absolute atomic E-state index is 4.52. The summed E-state index contributed by atoms with van der Waals surface area (Å²) < 4.78 is 2.30. The molecule has 0 aliphatic rings. The molecule has 4 aromatic rings. The summed E-state index contributed by atoms with van der Waals surface area (Å²) in [5, 5.41) is 12.2. The molecule has 3 aromatic heterocycles. The normalized spacial score (nSPS) is 11.0. The van der Waals surface area contributed by atoms with Crippen molar-refractivity contribution in [2.24, 2.45) is 0 Å². The Morgan fingerprint density at radius 2 is 1.68 bits per heavy atom. The highest BCUT2D eigenvalue weighted by molar-refractivity contribution is 7.99. The fourth-order valence-electron chi connectivity index (χ4n) is 3.05. The van der Waals surface area contributed by atoms with Gasteiger partial charge in [-0.2, -0.15) is 0 Å². The summed E-state index contributed by atoms with van der Waals surface area (Å²) in [5.74, 6) is 2.02. The van der Waals surface area contributed by atoms with Crippen LogP contribution in [-0.2, 0) is 25.8 Å². The number of hydrogen-bond donors (Lipinski definition) is 0. The standard InChI is InChI=1S/C22H22N4S2/c1-2-5-18(6-3-1)10-14-26-21(17-20-7-4-15-27-20)24-25-22(26)28-16-11-19-8-12-23-13-9-19/h1-9,12-13,15H,10-11,14,16-17H2. The van der Waals surface area contributed by atoms with E-state index in [0.717, 1.165) is 42.5 Å². The monoisotopic (exact) mass is 406 g/mol. The summed E-state index contributed by atoms with van der Waals surface area (Å²) in [6.07, 6.45) is 6.51. The zero-order chi connectivity index (χ0) is 19.0. The van der Waals surface area contributed by atoms with Crippen LogP contribution in [0.5, 0.6) is 0 Å². The predicted molar refractivity (Wildman–Crippen MR) is 116 cm³/mol. The van der Waals surface area contributed by atoms with Crippen molar-refractivity contribution in [1.82, 2.24) is 19.7 Å². The van der Waals surface area contributed by atoms with E-state index in [-0.39, 0.29) is 0 Å². The van der Waals surface area contributed by atoms with Gasteiger partial charge < -0.3 is 4.57 Å². The fraction of sp³-hybridized carbons (Fsp3) is 0.227. The van der Waals surface area contributed by atoms with Gasteiger partial charge >= 0.3 is 0 Å². The number of thiophene rings is 1. The number of pyridine rings is 1. The van der Waals surface area contributed by atoms with Crippen molar-refractivity contribution in [2.75, 3.05) is 5.75 Å². The summed E-state index contributed by atoms with van der Waals surface area (Å²) in [4.78, 5) is 5.41. The van der Waals surface area contributed by atoms with Crippen LogP contribution in [0.15, 0.2) is 77.5 Å². The Labute approximate surface area is 173 Å². The lowest BCUT2D eigenvalue weighted by Crippen LogP contribution is -2.08. The molecule has 0 N–H and O–H groups in total. The maximum atomic E-state index is 4.52. The molecule has 0 fully saturated rings. The maximum Gasteiger partial charge on any atom is 0.191 e. The summed E-state index contributed by atoms with van der Waals surface area (Å²) in [6.45, 7) is 0.898. The molecule has 0 atom stereocenters. The Morgan fingerprint density at radius 3 is 2.46 bits per heavy atom. The molecule has 28 heavy (non-hydrogen) atoms. The third-order valence-corrected chi connectivity index (χ3v) is 6.39. The van der Waals surface area contributed by atoms with Gasteiger partial charge in [-0.1, -0.05) is 48.2 Å².